The third-order valence-electron chi connectivity index (χ3n) is 2.17. The molecule has 0 fully saturated rings. The maximum Gasteiger partial charge on any atom is 0.278 e. The van der Waals surface area contributed by atoms with Gasteiger partial charge in [-0.2, -0.15) is 5.26 Å². The van der Waals surface area contributed by atoms with Crippen molar-refractivity contribution in [3.63, 3.8) is 0 Å². The zero-order valence-electron chi connectivity index (χ0n) is 9.46. The lowest BCUT2D eigenvalue weighted by atomic mass is 10.2. The molecule has 90 valence electrons. The van der Waals surface area contributed by atoms with E-state index in [1.54, 1.807) is 12.3 Å². The van der Waals surface area contributed by atoms with E-state index >= 15 is 0 Å². The highest BCUT2D eigenvalue weighted by molar-refractivity contribution is 7.96. The molecule has 1 amide bonds. The number of nitriles is 1. The minimum atomic E-state index is -0.369. The lowest BCUT2D eigenvalue weighted by Crippen LogP contribution is -2.27. The Hall–Kier alpha value is -1.74. The Labute approximate surface area is 105 Å². The molecule has 1 heterocycles. The average molecular weight is 251 g/mol. The molecule has 0 aromatic carbocycles. The summed E-state index contributed by atoms with van der Waals surface area (Å²) in [5, 5.41) is 8.14. The van der Waals surface area contributed by atoms with E-state index in [9.17, 15) is 4.79 Å². The van der Waals surface area contributed by atoms with Crippen LogP contribution in [-0.4, -0.2) is 28.8 Å². The molecular weight excluding hydrogens is 238 g/mol. The highest BCUT2D eigenvalue weighted by Gasteiger charge is 2.13. The highest BCUT2D eigenvalue weighted by atomic mass is 32.1. The van der Waals surface area contributed by atoms with Gasteiger partial charge in [-0.25, -0.2) is 4.98 Å². The summed E-state index contributed by atoms with van der Waals surface area (Å²) in [6.07, 6.45) is 1.89. The van der Waals surface area contributed by atoms with Crippen LogP contribution in [0.2, 0.25) is 0 Å². The zero-order valence-corrected chi connectivity index (χ0v) is 10.4. The predicted molar refractivity (Wildman–Crippen MR) is 65.8 cm³/mol. The molecule has 0 saturated heterocycles. The number of hydrogen-bond donors (Lipinski definition) is 1. The minimum Gasteiger partial charge on any atom is -0.481 e. The Morgan fingerprint density at radius 2 is 2.47 bits per heavy atom. The normalized spacial score (nSPS) is 9.47. The summed E-state index contributed by atoms with van der Waals surface area (Å²) in [5.41, 5.74) is 0.787. The summed E-state index contributed by atoms with van der Waals surface area (Å²) in [5.74, 6) is 0.476. The second kappa shape index (κ2) is 6.76. The van der Waals surface area contributed by atoms with Crippen molar-refractivity contribution in [3.05, 3.63) is 23.9 Å². The van der Waals surface area contributed by atoms with Gasteiger partial charge in [-0.3, -0.25) is 4.79 Å². The molecule has 0 unspecified atom stereocenters. The quantitative estimate of drug-likeness (QED) is 0.811. The van der Waals surface area contributed by atoms with Crippen LogP contribution in [0.5, 0.6) is 5.88 Å². The fourth-order valence-corrected chi connectivity index (χ4v) is 1.53. The Balaban J connectivity index is 2.79. The summed E-state index contributed by atoms with van der Waals surface area (Å²) >= 11 is 3.78. The van der Waals surface area contributed by atoms with Crippen LogP contribution >= 0.6 is 12.6 Å². The lowest BCUT2D eigenvalue weighted by molar-refractivity contribution is 0.221. The van der Waals surface area contributed by atoms with Crippen molar-refractivity contribution in [2.75, 3.05) is 13.7 Å². The largest absolute Gasteiger partial charge is 0.481 e. The summed E-state index contributed by atoms with van der Waals surface area (Å²) < 4.78 is 5.09. The molecule has 0 aliphatic heterocycles. The first-order valence-corrected chi connectivity index (χ1v) is 5.46. The van der Waals surface area contributed by atoms with E-state index in [0.717, 1.165) is 5.56 Å². The van der Waals surface area contributed by atoms with Crippen LogP contribution in [0.4, 0.5) is 4.79 Å². The van der Waals surface area contributed by atoms with Crippen molar-refractivity contribution < 1.29 is 9.53 Å². The fraction of sp³-hybridized carbons (Fsp3) is 0.364. The molecule has 1 rings (SSSR count). The third-order valence-corrected chi connectivity index (χ3v) is 2.45. The van der Waals surface area contributed by atoms with Gasteiger partial charge in [0.2, 0.25) is 5.88 Å². The first-order valence-electron chi connectivity index (χ1n) is 5.01. The van der Waals surface area contributed by atoms with Gasteiger partial charge in [-0.15, -0.1) is 0 Å². The number of hydrogen-bond acceptors (Lipinski definition) is 4. The molecule has 1 aromatic rings. The summed E-state index contributed by atoms with van der Waals surface area (Å²) in [6, 6.07) is 5.58. The predicted octanol–water partition coefficient (Wildman–Crippen LogP) is 1.86. The summed E-state index contributed by atoms with van der Waals surface area (Å²) in [6.45, 7) is 0.678. The maximum atomic E-state index is 11.3. The van der Waals surface area contributed by atoms with Crippen LogP contribution in [0.1, 0.15) is 12.0 Å². The van der Waals surface area contributed by atoms with Crippen molar-refractivity contribution in [2.24, 2.45) is 0 Å². The molecule has 0 aliphatic carbocycles. The summed E-state index contributed by atoms with van der Waals surface area (Å²) in [7, 11) is 1.52. The van der Waals surface area contributed by atoms with Crippen LogP contribution in [0.25, 0.3) is 0 Å². The minimum absolute atomic E-state index is 0.273. The van der Waals surface area contributed by atoms with Crippen LogP contribution < -0.4 is 4.74 Å². The molecule has 0 radical (unpaired) electrons. The lowest BCUT2D eigenvalue weighted by Gasteiger charge is -2.19. The number of amides is 1. The molecule has 6 heteroatoms. The van der Waals surface area contributed by atoms with Gasteiger partial charge in [-0.05, 0) is 6.07 Å². The average Bonchev–Trinajstić information content (AvgIpc) is 2.34. The molecule has 0 spiro atoms. The molecule has 0 saturated carbocycles. The second-order valence-corrected chi connectivity index (χ2v) is 3.67. The molecule has 0 N–H and O–H groups in total. The fourth-order valence-electron chi connectivity index (χ4n) is 1.36. The van der Waals surface area contributed by atoms with Crippen LogP contribution in [-0.2, 0) is 6.54 Å². The molecule has 1 aromatic heterocycles. The zero-order chi connectivity index (χ0) is 12.7. The van der Waals surface area contributed by atoms with E-state index < -0.39 is 0 Å². The molecule has 0 atom stereocenters. The van der Waals surface area contributed by atoms with Gasteiger partial charge in [0.05, 0.1) is 26.1 Å². The molecular formula is C11H13N3O2S. The Kier molecular flexibility index (Phi) is 5.30. The smallest absolute Gasteiger partial charge is 0.278 e. The number of nitrogens with zero attached hydrogens (tertiary/aromatic N) is 3. The van der Waals surface area contributed by atoms with E-state index in [1.807, 2.05) is 12.1 Å². The number of carbonyl (C=O) groups excluding carboxylic acids is 1. The first-order chi connectivity index (χ1) is 8.19. The monoisotopic (exact) mass is 251 g/mol. The number of methoxy groups -OCH3 is 1. The maximum absolute atomic E-state index is 11.3. The standard InChI is InChI=1S/C11H13N3O2S/c1-16-10-9(4-2-6-13-10)8-14(11(15)17)7-3-5-12/h2,4,6H,3,7-8H2,1H3,(H,15,17). The molecule has 17 heavy (non-hydrogen) atoms. The topological polar surface area (TPSA) is 66.2 Å². The van der Waals surface area contributed by atoms with Crippen molar-refractivity contribution in [2.45, 2.75) is 13.0 Å². The highest BCUT2D eigenvalue weighted by Crippen LogP contribution is 2.17. The van der Waals surface area contributed by atoms with Gasteiger partial charge in [0.25, 0.3) is 5.24 Å². The van der Waals surface area contributed by atoms with Crippen molar-refractivity contribution in [3.8, 4) is 11.9 Å². The Morgan fingerprint density at radius 3 is 3.06 bits per heavy atom. The van der Waals surface area contributed by atoms with Crippen LogP contribution in [0.3, 0.4) is 0 Å². The number of ether oxygens (including phenoxy) is 1. The molecule has 0 bridgehead atoms. The number of carbonyl (C=O) groups is 1. The van der Waals surface area contributed by atoms with E-state index in [4.69, 9.17) is 10.00 Å². The van der Waals surface area contributed by atoms with E-state index in [0.29, 0.717) is 19.0 Å². The SMILES string of the molecule is COc1ncccc1CN(CCC#N)C(=O)S. The molecule has 0 aliphatic rings. The number of rotatable bonds is 5. The number of thiol groups is 1. The summed E-state index contributed by atoms with van der Waals surface area (Å²) in [4.78, 5) is 16.8. The number of pyridine rings is 1. The van der Waals surface area contributed by atoms with Gasteiger partial charge >= 0.3 is 0 Å². The van der Waals surface area contributed by atoms with Gasteiger partial charge in [0.15, 0.2) is 0 Å². The van der Waals surface area contributed by atoms with Crippen LogP contribution in [0, 0.1) is 11.3 Å². The first kappa shape index (κ1) is 13.3. The van der Waals surface area contributed by atoms with Gasteiger partial charge in [0.1, 0.15) is 0 Å². The Bertz CT molecular complexity index is 431. The molecule has 5 nitrogen and oxygen atoms in total. The van der Waals surface area contributed by atoms with E-state index in [2.05, 4.69) is 17.6 Å². The van der Waals surface area contributed by atoms with Crippen LogP contribution in [0.15, 0.2) is 18.3 Å². The van der Waals surface area contributed by atoms with Gasteiger partial charge < -0.3 is 9.64 Å². The van der Waals surface area contributed by atoms with Gasteiger partial charge in [-0.1, -0.05) is 18.7 Å². The van der Waals surface area contributed by atoms with Crippen molar-refractivity contribution >= 4 is 17.9 Å². The van der Waals surface area contributed by atoms with Crippen molar-refractivity contribution in [1.29, 1.82) is 5.26 Å². The number of aromatic nitrogens is 1. The van der Waals surface area contributed by atoms with E-state index in [-0.39, 0.29) is 11.7 Å². The Morgan fingerprint density at radius 1 is 1.71 bits per heavy atom. The van der Waals surface area contributed by atoms with Crippen molar-refractivity contribution in [1.82, 2.24) is 9.88 Å². The van der Waals surface area contributed by atoms with E-state index in [1.165, 1.54) is 12.0 Å². The third kappa shape index (κ3) is 3.96. The second-order valence-electron chi connectivity index (χ2n) is 3.28. The van der Waals surface area contributed by atoms with Gasteiger partial charge in [0, 0.05) is 18.3 Å².